The van der Waals surface area contributed by atoms with E-state index in [0.717, 1.165) is 48.8 Å². The Balaban J connectivity index is 1.54. The zero-order chi connectivity index (χ0) is 17.9. The molecule has 0 unspecified atom stereocenters. The van der Waals surface area contributed by atoms with Gasteiger partial charge in [-0.2, -0.15) is 4.52 Å². The number of carbonyl (C=O) groups is 1. The highest BCUT2D eigenvalue weighted by molar-refractivity contribution is 5.67. The van der Waals surface area contributed by atoms with Crippen molar-refractivity contribution >= 4 is 17.6 Å². The fraction of sp³-hybridized carbons (Fsp3) is 0.333. The van der Waals surface area contributed by atoms with Gasteiger partial charge in [0.2, 0.25) is 0 Å². The lowest BCUT2D eigenvalue weighted by Gasteiger charge is -2.32. The fourth-order valence-electron chi connectivity index (χ4n) is 3.19. The second kappa shape index (κ2) is 6.99. The molecule has 1 fully saturated rings. The van der Waals surface area contributed by atoms with E-state index < -0.39 is 0 Å². The Kier molecular flexibility index (Phi) is 4.39. The van der Waals surface area contributed by atoms with E-state index in [-0.39, 0.29) is 12.1 Å². The number of benzene rings is 1. The summed E-state index contributed by atoms with van der Waals surface area (Å²) in [6.07, 6.45) is 1.32. The molecule has 0 bridgehead atoms. The number of hydrogen-bond donors (Lipinski definition) is 1. The van der Waals surface area contributed by atoms with Gasteiger partial charge < -0.3 is 15.0 Å². The quantitative estimate of drug-likeness (QED) is 0.777. The monoisotopic (exact) mass is 352 g/mol. The van der Waals surface area contributed by atoms with Crippen molar-refractivity contribution in [1.29, 1.82) is 0 Å². The van der Waals surface area contributed by atoms with Crippen LogP contribution >= 0.6 is 0 Å². The summed E-state index contributed by atoms with van der Waals surface area (Å²) in [5.74, 6) is 1.61. The van der Waals surface area contributed by atoms with E-state index in [1.165, 1.54) is 7.11 Å². The first kappa shape index (κ1) is 16.3. The van der Waals surface area contributed by atoms with Crippen molar-refractivity contribution in [2.75, 3.05) is 25.1 Å². The topological polar surface area (TPSA) is 84.6 Å². The summed E-state index contributed by atoms with van der Waals surface area (Å²) in [6, 6.07) is 13.9. The van der Waals surface area contributed by atoms with Crippen molar-refractivity contribution in [3.05, 3.63) is 42.5 Å². The second-order valence-electron chi connectivity index (χ2n) is 6.25. The molecule has 8 heteroatoms. The van der Waals surface area contributed by atoms with Gasteiger partial charge in [0.25, 0.3) is 0 Å². The number of amides is 1. The Morgan fingerprint density at radius 2 is 1.88 bits per heavy atom. The minimum absolute atomic E-state index is 0.136. The summed E-state index contributed by atoms with van der Waals surface area (Å²) >= 11 is 0. The van der Waals surface area contributed by atoms with E-state index >= 15 is 0 Å². The largest absolute Gasteiger partial charge is 0.453 e. The number of alkyl carbamates (subject to hydrolysis) is 1. The van der Waals surface area contributed by atoms with Gasteiger partial charge in [0.05, 0.1) is 7.11 Å². The minimum atomic E-state index is -0.375. The van der Waals surface area contributed by atoms with Crippen LogP contribution in [-0.2, 0) is 4.74 Å². The summed E-state index contributed by atoms with van der Waals surface area (Å²) in [5, 5.41) is 16.1. The molecule has 0 saturated carbocycles. The Morgan fingerprint density at radius 3 is 2.62 bits per heavy atom. The highest BCUT2D eigenvalue weighted by Crippen LogP contribution is 2.21. The molecule has 3 heterocycles. The number of ether oxygens (including phenoxy) is 1. The molecular weight excluding hydrogens is 332 g/mol. The van der Waals surface area contributed by atoms with Crippen molar-refractivity contribution in [3.63, 3.8) is 0 Å². The van der Waals surface area contributed by atoms with E-state index in [1.54, 1.807) is 4.52 Å². The van der Waals surface area contributed by atoms with Gasteiger partial charge in [0.1, 0.15) is 5.82 Å². The number of rotatable bonds is 3. The van der Waals surface area contributed by atoms with E-state index in [1.807, 2.05) is 42.5 Å². The van der Waals surface area contributed by atoms with Crippen LogP contribution in [0.4, 0.5) is 10.6 Å². The average Bonchev–Trinajstić information content (AvgIpc) is 3.12. The number of anilines is 1. The van der Waals surface area contributed by atoms with E-state index in [2.05, 4.69) is 25.2 Å². The zero-order valence-corrected chi connectivity index (χ0v) is 14.5. The standard InChI is InChI=1S/C18H20N6O2/c1-26-18(25)19-14-9-11-23(12-10-14)16-8-7-15-20-21-17(24(15)22-16)13-5-3-2-4-6-13/h2-8,14H,9-12H2,1H3,(H,19,25). The number of nitrogens with one attached hydrogen (secondary N) is 1. The molecule has 26 heavy (non-hydrogen) atoms. The van der Waals surface area contributed by atoms with Crippen LogP contribution in [0.5, 0.6) is 0 Å². The first-order valence-corrected chi connectivity index (χ1v) is 8.62. The smallest absolute Gasteiger partial charge is 0.407 e. The third-order valence-electron chi connectivity index (χ3n) is 4.61. The SMILES string of the molecule is COC(=O)NC1CCN(c2ccc3nnc(-c4ccccc4)n3n2)CC1. The molecule has 1 aliphatic heterocycles. The lowest BCUT2D eigenvalue weighted by molar-refractivity contribution is 0.164. The van der Waals surface area contributed by atoms with Crippen molar-refractivity contribution < 1.29 is 9.53 Å². The summed E-state index contributed by atoms with van der Waals surface area (Å²) in [6.45, 7) is 1.63. The van der Waals surface area contributed by atoms with Gasteiger partial charge >= 0.3 is 6.09 Å². The zero-order valence-electron chi connectivity index (χ0n) is 14.5. The van der Waals surface area contributed by atoms with Crippen LogP contribution in [0.1, 0.15) is 12.8 Å². The third-order valence-corrected chi connectivity index (χ3v) is 4.61. The van der Waals surface area contributed by atoms with Crippen molar-refractivity contribution in [1.82, 2.24) is 25.1 Å². The number of hydrogen-bond acceptors (Lipinski definition) is 6. The lowest BCUT2D eigenvalue weighted by Crippen LogP contribution is -2.45. The van der Waals surface area contributed by atoms with Crippen LogP contribution in [-0.4, -0.2) is 52.1 Å². The first-order chi connectivity index (χ1) is 12.7. The van der Waals surface area contributed by atoms with Crippen LogP contribution in [0, 0.1) is 0 Å². The van der Waals surface area contributed by atoms with Crippen LogP contribution < -0.4 is 10.2 Å². The predicted molar refractivity (Wildman–Crippen MR) is 97.0 cm³/mol. The molecule has 1 aliphatic rings. The van der Waals surface area contributed by atoms with Crippen molar-refractivity contribution in [2.24, 2.45) is 0 Å². The number of carbonyl (C=O) groups excluding carboxylic acids is 1. The van der Waals surface area contributed by atoms with Crippen LogP contribution in [0.15, 0.2) is 42.5 Å². The third kappa shape index (κ3) is 3.17. The molecule has 2 aromatic heterocycles. The number of piperidine rings is 1. The number of aromatic nitrogens is 4. The first-order valence-electron chi connectivity index (χ1n) is 8.62. The normalized spacial score (nSPS) is 15.2. The molecule has 4 rings (SSSR count). The molecule has 134 valence electrons. The molecule has 0 radical (unpaired) electrons. The number of methoxy groups -OCH3 is 1. The van der Waals surface area contributed by atoms with Gasteiger partial charge in [-0.05, 0) is 25.0 Å². The molecule has 0 atom stereocenters. The minimum Gasteiger partial charge on any atom is -0.453 e. The lowest BCUT2D eigenvalue weighted by atomic mass is 10.1. The van der Waals surface area contributed by atoms with E-state index in [4.69, 9.17) is 5.10 Å². The predicted octanol–water partition coefficient (Wildman–Crippen LogP) is 2.12. The molecule has 0 aliphatic carbocycles. The Labute approximate surface area is 150 Å². The van der Waals surface area contributed by atoms with Gasteiger partial charge in [0.15, 0.2) is 11.5 Å². The van der Waals surface area contributed by atoms with Gasteiger partial charge in [-0.1, -0.05) is 30.3 Å². The molecule has 1 amide bonds. The maximum Gasteiger partial charge on any atom is 0.407 e. The summed E-state index contributed by atoms with van der Waals surface area (Å²) in [4.78, 5) is 13.6. The van der Waals surface area contributed by atoms with Gasteiger partial charge in [0, 0.05) is 24.7 Å². The Morgan fingerprint density at radius 1 is 1.12 bits per heavy atom. The van der Waals surface area contributed by atoms with Gasteiger partial charge in [-0.15, -0.1) is 15.3 Å². The number of fused-ring (bicyclic) bond motifs is 1. The molecule has 1 N–H and O–H groups in total. The Bertz CT molecular complexity index is 902. The summed E-state index contributed by atoms with van der Waals surface area (Å²) in [7, 11) is 1.38. The van der Waals surface area contributed by atoms with Gasteiger partial charge in [-0.25, -0.2) is 4.79 Å². The Hall–Kier alpha value is -3.16. The molecule has 0 spiro atoms. The molecular formula is C18H20N6O2. The number of nitrogens with zero attached hydrogens (tertiary/aromatic N) is 5. The highest BCUT2D eigenvalue weighted by atomic mass is 16.5. The maximum absolute atomic E-state index is 11.3. The van der Waals surface area contributed by atoms with Crippen LogP contribution in [0.3, 0.4) is 0 Å². The molecule has 3 aromatic rings. The van der Waals surface area contributed by atoms with E-state index in [9.17, 15) is 4.79 Å². The highest BCUT2D eigenvalue weighted by Gasteiger charge is 2.22. The summed E-state index contributed by atoms with van der Waals surface area (Å²) in [5.41, 5.74) is 1.69. The van der Waals surface area contributed by atoms with Crippen molar-refractivity contribution in [2.45, 2.75) is 18.9 Å². The van der Waals surface area contributed by atoms with Crippen molar-refractivity contribution in [3.8, 4) is 11.4 Å². The summed E-state index contributed by atoms with van der Waals surface area (Å²) < 4.78 is 6.45. The fourth-order valence-corrected chi connectivity index (χ4v) is 3.19. The molecule has 8 nitrogen and oxygen atoms in total. The van der Waals surface area contributed by atoms with Crippen LogP contribution in [0.2, 0.25) is 0 Å². The average molecular weight is 352 g/mol. The molecule has 1 saturated heterocycles. The van der Waals surface area contributed by atoms with Crippen LogP contribution in [0.25, 0.3) is 17.0 Å². The van der Waals surface area contributed by atoms with Gasteiger partial charge in [-0.3, -0.25) is 0 Å². The van der Waals surface area contributed by atoms with E-state index in [0.29, 0.717) is 0 Å². The second-order valence-corrected chi connectivity index (χ2v) is 6.25. The maximum atomic E-state index is 11.3. The molecule has 1 aromatic carbocycles.